The molecule has 2 heterocycles. The number of hydrogen-bond acceptors (Lipinski definition) is 7. The largest absolute Gasteiger partial charge is 0.370 e. The Morgan fingerprint density at radius 2 is 2.00 bits per heavy atom. The van der Waals surface area contributed by atoms with Gasteiger partial charge in [0.05, 0.1) is 6.61 Å². The Bertz CT molecular complexity index is 800. The number of rotatable bonds is 3. The van der Waals surface area contributed by atoms with Crippen molar-refractivity contribution < 1.29 is 9.53 Å². The van der Waals surface area contributed by atoms with Crippen molar-refractivity contribution in [2.24, 2.45) is 16.7 Å². The first-order valence-corrected chi connectivity index (χ1v) is 7.44. The van der Waals surface area contributed by atoms with E-state index in [1.807, 2.05) is 18.2 Å². The average Bonchev–Trinajstić information content (AvgIpc) is 2.62. The Morgan fingerprint density at radius 1 is 1.25 bits per heavy atom. The van der Waals surface area contributed by atoms with Crippen LogP contribution in [0.2, 0.25) is 0 Å². The molecule has 126 valence electrons. The van der Waals surface area contributed by atoms with E-state index in [9.17, 15) is 4.79 Å². The lowest BCUT2D eigenvalue weighted by Crippen LogP contribution is -2.41. The van der Waals surface area contributed by atoms with Crippen LogP contribution < -0.4 is 27.8 Å². The summed E-state index contributed by atoms with van der Waals surface area (Å²) in [6, 6.07) is 10.6. The minimum absolute atomic E-state index is 0.132. The number of amides is 1. The smallest absolute Gasteiger partial charge is 0.248 e. The van der Waals surface area contributed by atoms with Gasteiger partial charge in [-0.1, -0.05) is 12.1 Å². The van der Waals surface area contributed by atoms with E-state index >= 15 is 0 Å². The van der Waals surface area contributed by atoms with E-state index < -0.39 is 5.91 Å². The van der Waals surface area contributed by atoms with Gasteiger partial charge in [-0.25, -0.2) is 0 Å². The summed E-state index contributed by atoms with van der Waals surface area (Å²) in [5.74, 6) is 11.3. The standard InChI is InChI=1S/C15H19N7O2/c16-15(23)11-3-1-10(2-4-11)12-9-21(7-8-24-12)14-6-5-13(19-17)22(18)20-14/h1-6,12H,7-9,17-18H2,(H2,16,23)/b19-13-. The number of ether oxygens (including phenoxy) is 1. The molecule has 3 rings (SSSR count). The quantitative estimate of drug-likeness (QED) is 0.490. The molecule has 1 saturated heterocycles. The molecule has 0 bridgehead atoms. The predicted molar refractivity (Wildman–Crippen MR) is 88.0 cm³/mol. The van der Waals surface area contributed by atoms with Crippen LogP contribution in [0.3, 0.4) is 0 Å². The van der Waals surface area contributed by atoms with E-state index in [0.717, 1.165) is 10.4 Å². The van der Waals surface area contributed by atoms with Gasteiger partial charge in [0.2, 0.25) is 5.91 Å². The van der Waals surface area contributed by atoms with Crippen LogP contribution in [0.4, 0.5) is 5.82 Å². The monoisotopic (exact) mass is 329 g/mol. The summed E-state index contributed by atoms with van der Waals surface area (Å²) in [6.45, 7) is 1.86. The second-order valence-electron chi connectivity index (χ2n) is 5.42. The number of anilines is 1. The van der Waals surface area contributed by atoms with Crippen LogP contribution in [0.25, 0.3) is 0 Å². The molecule has 0 spiro atoms. The summed E-state index contributed by atoms with van der Waals surface area (Å²) in [5, 5.41) is 7.80. The van der Waals surface area contributed by atoms with Gasteiger partial charge in [0.1, 0.15) is 6.10 Å². The molecule has 1 aliphatic heterocycles. The predicted octanol–water partition coefficient (Wildman–Crippen LogP) is -0.952. The van der Waals surface area contributed by atoms with Crippen LogP contribution in [0.5, 0.6) is 0 Å². The minimum atomic E-state index is -0.449. The van der Waals surface area contributed by atoms with Gasteiger partial charge < -0.3 is 27.1 Å². The van der Waals surface area contributed by atoms with E-state index in [2.05, 4.69) is 15.1 Å². The summed E-state index contributed by atoms with van der Waals surface area (Å²) in [6.07, 6.45) is -0.132. The number of nitrogen functional groups attached to an aromatic ring is 1. The lowest BCUT2D eigenvalue weighted by Gasteiger charge is -2.34. The topological polar surface area (TPSA) is 138 Å². The summed E-state index contributed by atoms with van der Waals surface area (Å²) in [4.78, 5) is 14.4. The molecule has 6 N–H and O–H groups in total. The average molecular weight is 329 g/mol. The number of carbonyl (C=O) groups is 1. The molecule has 1 fully saturated rings. The van der Waals surface area contributed by atoms with Gasteiger partial charge in [-0.15, -0.1) is 5.10 Å². The summed E-state index contributed by atoms with van der Waals surface area (Å²) in [5.41, 5.74) is 7.08. The SMILES string of the molecule is N/N=c1/ccc(N2CCOC(c3ccc(C(N)=O)cc3)C2)nn1N. The van der Waals surface area contributed by atoms with Gasteiger partial charge >= 0.3 is 0 Å². The molecule has 1 amide bonds. The Hall–Kier alpha value is -3.07. The summed E-state index contributed by atoms with van der Waals surface area (Å²) in [7, 11) is 0. The molecule has 1 unspecified atom stereocenters. The fraction of sp³-hybridized carbons (Fsp3) is 0.267. The number of morpholine rings is 1. The zero-order valence-corrected chi connectivity index (χ0v) is 13.0. The van der Waals surface area contributed by atoms with E-state index in [4.69, 9.17) is 22.2 Å². The molecule has 1 aromatic carbocycles. The maximum absolute atomic E-state index is 11.2. The van der Waals surface area contributed by atoms with Crippen LogP contribution in [0, 0.1) is 0 Å². The Kier molecular flexibility index (Phi) is 4.34. The molecule has 0 radical (unpaired) electrons. The normalized spacial score (nSPS) is 18.6. The number of benzene rings is 1. The number of primary amides is 1. The molecular weight excluding hydrogens is 310 g/mol. The van der Waals surface area contributed by atoms with E-state index in [0.29, 0.717) is 36.6 Å². The molecule has 9 heteroatoms. The highest BCUT2D eigenvalue weighted by Crippen LogP contribution is 2.24. The van der Waals surface area contributed by atoms with Crippen LogP contribution in [0.15, 0.2) is 41.5 Å². The Morgan fingerprint density at radius 3 is 2.62 bits per heavy atom. The van der Waals surface area contributed by atoms with Gasteiger partial charge in [0.15, 0.2) is 11.3 Å². The third-order valence-corrected chi connectivity index (χ3v) is 3.92. The lowest BCUT2D eigenvalue weighted by atomic mass is 10.1. The fourth-order valence-corrected chi connectivity index (χ4v) is 2.61. The highest BCUT2D eigenvalue weighted by Gasteiger charge is 2.23. The molecule has 0 saturated carbocycles. The zero-order chi connectivity index (χ0) is 17.1. The summed E-state index contributed by atoms with van der Waals surface area (Å²) < 4.78 is 5.83. The molecule has 9 nitrogen and oxygen atoms in total. The first-order chi connectivity index (χ1) is 11.6. The van der Waals surface area contributed by atoms with Gasteiger partial charge in [-0.05, 0) is 29.8 Å². The van der Waals surface area contributed by atoms with E-state index in [1.165, 1.54) is 0 Å². The lowest BCUT2D eigenvalue weighted by molar-refractivity contribution is 0.0394. The van der Waals surface area contributed by atoms with Crippen molar-refractivity contribution in [3.8, 4) is 0 Å². The van der Waals surface area contributed by atoms with Gasteiger partial charge in [0.25, 0.3) is 0 Å². The second kappa shape index (κ2) is 6.59. The number of aromatic nitrogens is 2. The van der Waals surface area contributed by atoms with Gasteiger partial charge in [-0.2, -0.15) is 9.89 Å². The van der Waals surface area contributed by atoms with Gasteiger partial charge in [-0.3, -0.25) is 4.79 Å². The highest BCUT2D eigenvalue weighted by molar-refractivity contribution is 5.92. The van der Waals surface area contributed by atoms with Crippen molar-refractivity contribution >= 4 is 11.7 Å². The van der Waals surface area contributed by atoms with Crippen LogP contribution in [-0.4, -0.2) is 35.5 Å². The van der Waals surface area contributed by atoms with Crippen LogP contribution in [0.1, 0.15) is 22.0 Å². The summed E-state index contributed by atoms with van der Waals surface area (Å²) >= 11 is 0. The second-order valence-corrected chi connectivity index (χ2v) is 5.42. The number of nitrogens with two attached hydrogens (primary N) is 3. The van der Waals surface area contributed by atoms with Crippen molar-refractivity contribution in [1.29, 1.82) is 0 Å². The molecular formula is C15H19N7O2. The first-order valence-electron chi connectivity index (χ1n) is 7.44. The van der Waals surface area contributed by atoms with E-state index in [-0.39, 0.29) is 6.10 Å². The number of hydrogen-bond donors (Lipinski definition) is 3. The molecule has 24 heavy (non-hydrogen) atoms. The van der Waals surface area contributed by atoms with Crippen LogP contribution in [-0.2, 0) is 4.74 Å². The van der Waals surface area contributed by atoms with E-state index in [1.54, 1.807) is 18.2 Å². The Labute approximate surface area is 138 Å². The van der Waals surface area contributed by atoms with Crippen molar-refractivity contribution in [1.82, 2.24) is 9.89 Å². The minimum Gasteiger partial charge on any atom is -0.370 e. The van der Waals surface area contributed by atoms with Crippen molar-refractivity contribution in [3.63, 3.8) is 0 Å². The Balaban J connectivity index is 1.79. The fourth-order valence-electron chi connectivity index (χ4n) is 2.61. The van der Waals surface area contributed by atoms with Crippen molar-refractivity contribution in [2.45, 2.75) is 6.10 Å². The number of nitrogens with zero attached hydrogens (tertiary/aromatic N) is 4. The molecule has 0 aliphatic carbocycles. The number of carbonyl (C=O) groups excluding carboxylic acids is 1. The highest BCUT2D eigenvalue weighted by atomic mass is 16.5. The molecule has 1 aliphatic rings. The maximum Gasteiger partial charge on any atom is 0.248 e. The molecule has 1 aromatic heterocycles. The molecule has 2 aromatic rings. The first kappa shape index (κ1) is 15.8. The van der Waals surface area contributed by atoms with Gasteiger partial charge in [0, 0.05) is 18.7 Å². The third-order valence-electron chi connectivity index (χ3n) is 3.92. The van der Waals surface area contributed by atoms with Crippen molar-refractivity contribution in [2.75, 3.05) is 30.4 Å². The zero-order valence-electron chi connectivity index (χ0n) is 13.0. The third kappa shape index (κ3) is 3.15. The van der Waals surface area contributed by atoms with Crippen molar-refractivity contribution in [3.05, 3.63) is 53.0 Å². The maximum atomic E-state index is 11.2. The van der Waals surface area contributed by atoms with Crippen LogP contribution >= 0.6 is 0 Å². The molecule has 1 atom stereocenters.